The van der Waals surface area contributed by atoms with E-state index in [0.29, 0.717) is 21.6 Å². The number of nitrogens with two attached hydrogens (primary N) is 1. The van der Waals surface area contributed by atoms with Gasteiger partial charge in [0.05, 0.1) is 18.5 Å². The van der Waals surface area contributed by atoms with E-state index in [4.69, 9.17) is 33.7 Å². The number of amidine groups is 1. The topological polar surface area (TPSA) is 64.7 Å². The maximum Gasteiger partial charge on any atom is 0.286 e. The minimum absolute atomic E-state index is 0.271. The second-order valence-corrected chi connectivity index (χ2v) is 8.13. The van der Waals surface area contributed by atoms with Crippen molar-refractivity contribution in [2.45, 2.75) is 6.61 Å². The molecule has 0 radical (unpaired) electrons. The average molecular weight is 505 g/mol. The van der Waals surface area contributed by atoms with Crippen molar-refractivity contribution in [3.05, 3.63) is 66.0 Å². The molecule has 0 spiro atoms. The van der Waals surface area contributed by atoms with Crippen molar-refractivity contribution in [1.29, 1.82) is 0 Å². The first-order valence-electron chi connectivity index (χ1n) is 7.06. The molecule has 0 unspecified atom stereocenters. The van der Waals surface area contributed by atoms with Gasteiger partial charge in [0.2, 0.25) is 0 Å². The quantitative estimate of drug-likeness (QED) is 0.464. The summed E-state index contributed by atoms with van der Waals surface area (Å²) in [6.45, 7) is 0.381. The van der Waals surface area contributed by atoms with E-state index in [9.17, 15) is 4.79 Å². The molecule has 0 aliphatic carbocycles. The number of carbonyl (C=O) groups excluding carboxylic acids is 1. The van der Waals surface area contributed by atoms with Crippen molar-refractivity contribution in [3.63, 3.8) is 0 Å². The molecule has 8 heteroatoms. The van der Waals surface area contributed by atoms with Gasteiger partial charge in [0.1, 0.15) is 12.4 Å². The van der Waals surface area contributed by atoms with Gasteiger partial charge in [0.25, 0.3) is 5.91 Å². The molecule has 4 nitrogen and oxygen atoms in total. The number of halogens is 3. The molecule has 0 saturated heterocycles. The molecule has 0 bridgehead atoms. The first-order chi connectivity index (χ1) is 11.9. The van der Waals surface area contributed by atoms with Gasteiger partial charge < -0.3 is 10.5 Å². The van der Waals surface area contributed by atoms with Gasteiger partial charge in [-0.25, -0.2) is 0 Å². The zero-order chi connectivity index (χ0) is 18.0. The van der Waals surface area contributed by atoms with Crippen LogP contribution in [0.15, 0.2) is 46.3 Å². The smallest absolute Gasteiger partial charge is 0.286 e. The lowest BCUT2D eigenvalue weighted by molar-refractivity contribution is -0.113. The number of hydrogen-bond acceptors (Lipinski definition) is 4. The summed E-state index contributed by atoms with van der Waals surface area (Å²) in [5.74, 6) is 0.437. The van der Waals surface area contributed by atoms with Crippen molar-refractivity contribution in [3.8, 4) is 5.75 Å². The highest BCUT2D eigenvalue weighted by molar-refractivity contribution is 14.1. The second-order valence-electron chi connectivity index (χ2n) is 5.09. The zero-order valence-corrected chi connectivity index (χ0v) is 17.1. The zero-order valence-electron chi connectivity index (χ0n) is 12.6. The van der Waals surface area contributed by atoms with E-state index in [-0.39, 0.29) is 11.1 Å². The average Bonchev–Trinajstić information content (AvgIpc) is 2.87. The first-order valence-corrected chi connectivity index (χ1v) is 9.72. The Morgan fingerprint density at radius 1 is 1.20 bits per heavy atom. The maximum atomic E-state index is 11.6. The summed E-state index contributed by atoms with van der Waals surface area (Å²) >= 11 is 15.3. The standard InChI is InChI=1S/C17H11Cl2IN2O2S/c18-11-3-1-10(5-12(11)19)8-24-14-4-2-9(6-13(14)20)7-15-16(23)22-17(21)25-15/h1-7H,8H2,(H2,21,22,23). The number of amides is 1. The number of ether oxygens (including phenoxy) is 1. The predicted molar refractivity (Wildman–Crippen MR) is 112 cm³/mol. The van der Waals surface area contributed by atoms with Crippen molar-refractivity contribution < 1.29 is 9.53 Å². The summed E-state index contributed by atoms with van der Waals surface area (Å²) in [6, 6.07) is 11.1. The maximum absolute atomic E-state index is 11.6. The molecule has 2 N–H and O–H groups in total. The lowest BCUT2D eigenvalue weighted by atomic mass is 10.2. The molecule has 1 aliphatic rings. The second kappa shape index (κ2) is 7.99. The highest BCUT2D eigenvalue weighted by Crippen LogP contribution is 2.29. The number of nitrogens with zero attached hydrogens (tertiary/aromatic N) is 1. The van der Waals surface area contributed by atoms with Gasteiger partial charge in [-0.2, -0.15) is 4.99 Å². The van der Waals surface area contributed by atoms with Gasteiger partial charge in [-0.05, 0) is 75.8 Å². The number of benzene rings is 2. The molecule has 0 atom stereocenters. The largest absolute Gasteiger partial charge is 0.488 e. The van der Waals surface area contributed by atoms with Crippen LogP contribution in [0.2, 0.25) is 10.0 Å². The van der Waals surface area contributed by atoms with Crippen LogP contribution in [0.5, 0.6) is 5.75 Å². The van der Waals surface area contributed by atoms with Crippen molar-refractivity contribution in [2.75, 3.05) is 0 Å². The Bertz CT molecular complexity index is 916. The lowest BCUT2D eigenvalue weighted by Crippen LogP contribution is -2.01. The summed E-state index contributed by atoms with van der Waals surface area (Å²) in [5, 5.41) is 1.29. The highest BCUT2D eigenvalue weighted by Gasteiger charge is 2.19. The van der Waals surface area contributed by atoms with E-state index in [0.717, 1.165) is 20.4 Å². The fourth-order valence-corrected chi connectivity index (χ4v) is 3.79. The van der Waals surface area contributed by atoms with Crippen LogP contribution in [0.25, 0.3) is 6.08 Å². The van der Waals surface area contributed by atoms with E-state index in [2.05, 4.69) is 27.6 Å². The van der Waals surface area contributed by atoms with Crippen LogP contribution >= 0.6 is 57.6 Å². The first kappa shape index (κ1) is 18.6. The van der Waals surface area contributed by atoms with Gasteiger partial charge in [0, 0.05) is 0 Å². The molecule has 2 aromatic rings. The summed E-state index contributed by atoms with van der Waals surface area (Å²) in [6.07, 6.45) is 1.77. The Morgan fingerprint density at radius 3 is 2.64 bits per heavy atom. The number of hydrogen-bond donors (Lipinski definition) is 1. The Morgan fingerprint density at radius 2 is 2.00 bits per heavy atom. The summed E-state index contributed by atoms with van der Waals surface area (Å²) in [5.41, 5.74) is 7.36. The van der Waals surface area contributed by atoms with Crippen molar-refractivity contribution >= 4 is 74.7 Å². The number of thioether (sulfide) groups is 1. The normalized spacial score (nSPS) is 15.6. The van der Waals surface area contributed by atoms with E-state index in [1.54, 1.807) is 18.2 Å². The SMILES string of the molecule is NC1=NC(=O)C(=Cc2ccc(OCc3ccc(Cl)c(Cl)c3)c(I)c2)S1. The fraction of sp³-hybridized carbons (Fsp3) is 0.0588. The van der Waals surface area contributed by atoms with Crippen molar-refractivity contribution in [1.82, 2.24) is 0 Å². The monoisotopic (exact) mass is 504 g/mol. The summed E-state index contributed by atoms with van der Waals surface area (Å²) < 4.78 is 6.76. The molecule has 1 heterocycles. The van der Waals surface area contributed by atoms with Crippen LogP contribution < -0.4 is 10.5 Å². The summed E-state index contributed by atoms with van der Waals surface area (Å²) in [4.78, 5) is 15.8. The van der Waals surface area contributed by atoms with Crippen LogP contribution in [0.4, 0.5) is 0 Å². The molecule has 25 heavy (non-hydrogen) atoms. The van der Waals surface area contributed by atoms with Gasteiger partial charge >= 0.3 is 0 Å². The van der Waals surface area contributed by atoms with Crippen LogP contribution in [-0.4, -0.2) is 11.1 Å². The molecular formula is C17H11Cl2IN2O2S. The molecule has 0 fully saturated rings. The molecule has 3 rings (SSSR count). The Balaban J connectivity index is 1.71. The van der Waals surface area contributed by atoms with E-state index >= 15 is 0 Å². The van der Waals surface area contributed by atoms with Crippen molar-refractivity contribution in [2.24, 2.45) is 10.7 Å². The third-order valence-corrected chi connectivity index (χ3v) is 5.66. The highest BCUT2D eigenvalue weighted by atomic mass is 127. The number of carbonyl (C=O) groups is 1. The number of aliphatic imine (C=N–C) groups is 1. The lowest BCUT2D eigenvalue weighted by Gasteiger charge is -2.10. The molecule has 0 saturated carbocycles. The van der Waals surface area contributed by atoms with E-state index < -0.39 is 0 Å². The van der Waals surface area contributed by atoms with Crippen LogP contribution in [-0.2, 0) is 11.4 Å². The van der Waals surface area contributed by atoms with Gasteiger partial charge in [0.15, 0.2) is 5.17 Å². The van der Waals surface area contributed by atoms with Crippen LogP contribution in [0, 0.1) is 3.57 Å². The predicted octanol–water partition coefficient (Wildman–Crippen LogP) is 5.11. The Hall–Kier alpha value is -1.22. The number of rotatable bonds is 4. The molecular weight excluding hydrogens is 494 g/mol. The molecule has 1 aliphatic heterocycles. The van der Waals surface area contributed by atoms with E-state index in [1.165, 1.54) is 11.8 Å². The minimum atomic E-state index is -0.308. The Kier molecular flexibility index (Phi) is 5.93. The Labute approximate surface area is 172 Å². The molecule has 1 amide bonds. The fourth-order valence-electron chi connectivity index (χ4n) is 2.09. The van der Waals surface area contributed by atoms with Gasteiger partial charge in [-0.15, -0.1) is 0 Å². The minimum Gasteiger partial charge on any atom is -0.488 e. The van der Waals surface area contributed by atoms with Crippen LogP contribution in [0.1, 0.15) is 11.1 Å². The van der Waals surface area contributed by atoms with Gasteiger partial charge in [-0.3, -0.25) is 4.79 Å². The van der Waals surface area contributed by atoms with Crippen LogP contribution in [0.3, 0.4) is 0 Å². The molecule has 128 valence electrons. The third-order valence-electron chi connectivity index (χ3n) is 3.27. The molecule has 2 aromatic carbocycles. The third kappa shape index (κ3) is 4.69. The van der Waals surface area contributed by atoms with Gasteiger partial charge in [-0.1, -0.05) is 35.3 Å². The van der Waals surface area contributed by atoms with E-state index in [1.807, 2.05) is 24.3 Å². The summed E-state index contributed by atoms with van der Waals surface area (Å²) in [7, 11) is 0. The molecule has 0 aromatic heterocycles.